The van der Waals surface area contributed by atoms with Crippen molar-refractivity contribution in [3.63, 3.8) is 0 Å². The quantitative estimate of drug-likeness (QED) is 0.479. The second kappa shape index (κ2) is 7.91. The van der Waals surface area contributed by atoms with Crippen LogP contribution in [0.3, 0.4) is 0 Å². The van der Waals surface area contributed by atoms with E-state index in [0.29, 0.717) is 16.7 Å². The number of thiazole rings is 1. The highest BCUT2D eigenvalue weighted by Gasteiger charge is 2.17. The molecule has 0 atom stereocenters. The lowest BCUT2D eigenvalue weighted by molar-refractivity contribution is 0.0691. The average molecular weight is 409 g/mol. The van der Waals surface area contributed by atoms with E-state index >= 15 is 0 Å². The van der Waals surface area contributed by atoms with Gasteiger partial charge in [-0.1, -0.05) is 29.5 Å². The topological polar surface area (TPSA) is 93.8 Å². The second-order valence-corrected chi connectivity index (χ2v) is 7.82. The van der Waals surface area contributed by atoms with Gasteiger partial charge in [0.05, 0.1) is 5.75 Å². The number of hydrogen-bond donors (Lipinski definition) is 1. The van der Waals surface area contributed by atoms with Gasteiger partial charge in [0.25, 0.3) is 0 Å². The Hall–Kier alpha value is -3.04. The molecule has 0 fully saturated rings. The highest BCUT2D eigenvalue weighted by Crippen LogP contribution is 2.30. The first kappa shape index (κ1) is 18.3. The molecule has 0 unspecified atom stereocenters. The number of carboxylic acid groups (broad SMARTS) is 1. The zero-order chi connectivity index (χ0) is 19.5. The van der Waals surface area contributed by atoms with E-state index in [9.17, 15) is 4.79 Å². The normalized spacial score (nSPS) is 10.9. The Morgan fingerprint density at radius 1 is 1.21 bits per heavy atom. The van der Waals surface area contributed by atoms with Crippen molar-refractivity contribution < 1.29 is 9.90 Å². The van der Waals surface area contributed by atoms with Crippen molar-refractivity contribution in [1.29, 1.82) is 0 Å². The Kier molecular flexibility index (Phi) is 5.18. The molecule has 3 aromatic heterocycles. The largest absolute Gasteiger partial charge is 0.476 e. The zero-order valence-corrected chi connectivity index (χ0v) is 16.4. The van der Waals surface area contributed by atoms with Crippen molar-refractivity contribution in [3.8, 4) is 17.1 Å². The maximum Gasteiger partial charge on any atom is 0.355 e. The SMILES string of the molecule is Cc1ccc(-n2c(SCc3nc(C(=O)O)cs3)nnc2-c2cccnc2)cc1. The van der Waals surface area contributed by atoms with Crippen molar-refractivity contribution in [1.82, 2.24) is 24.7 Å². The van der Waals surface area contributed by atoms with Gasteiger partial charge in [-0.25, -0.2) is 9.78 Å². The molecule has 28 heavy (non-hydrogen) atoms. The summed E-state index contributed by atoms with van der Waals surface area (Å²) in [5.41, 5.74) is 3.04. The minimum atomic E-state index is -1.02. The Balaban J connectivity index is 1.69. The number of pyridine rings is 1. The van der Waals surface area contributed by atoms with Crippen LogP contribution in [0.1, 0.15) is 21.1 Å². The molecule has 1 N–H and O–H groups in total. The summed E-state index contributed by atoms with van der Waals surface area (Å²) < 4.78 is 1.98. The van der Waals surface area contributed by atoms with Crippen LogP contribution in [0.25, 0.3) is 17.1 Å². The summed E-state index contributed by atoms with van der Waals surface area (Å²) >= 11 is 2.79. The summed E-state index contributed by atoms with van der Waals surface area (Å²) in [7, 11) is 0. The molecule has 0 aliphatic rings. The van der Waals surface area contributed by atoms with E-state index in [2.05, 4.69) is 20.2 Å². The fourth-order valence-electron chi connectivity index (χ4n) is 2.57. The van der Waals surface area contributed by atoms with Gasteiger partial charge in [-0.3, -0.25) is 9.55 Å². The summed E-state index contributed by atoms with van der Waals surface area (Å²) in [5, 5.41) is 20.7. The van der Waals surface area contributed by atoms with E-state index in [1.54, 1.807) is 17.8 Å². The molecule has 9 heteroatoms. The number of carbonyl (C=O) groups is 1. The third-order valence-corrected chi connectivity index (χ3v) is 5.91. The molecule has 0 saturated heterocycles. The second-order valence-electron chi connectivity index (χ2n) is 5.94. The molecule has 0 aliphatic heterocycles. The number of thioether (sulfide) groups is 1. The summed E-state index contributed by atoms with van der Waals surface area (Å²) in [6.07, 6.45) is 3.47. The molecule has 4 aromatic rings. The minimum Gasteiger partial charge on any atom is -0.476 e. The van der Waals surface area contributed by atoms with Gasteiger partial charge in [-0.15, -0.1) is 21.5 Å². The van der Waals surface area contributed by atoms with Crippen molar-refractivity contribution >= 4 is 29.1 Å². The first-order valence-electron chi connectivity index (χ1n) is 8.35. The van der Waals surface area contributed by atoms with E-state index in [4.69, 9.17) is 5.11 Å². The predicted molar refractivity (Wildman–Crippen MR) is 108 cm³/mol. The van der Waals surface area contributed by atoms with Gasteiger partial charge < -0.3 is 5.11 Å². The Morgan fingerprint density at radius 3 is 2.71 bits per heavy atom. The molecule has 0 bridgehead atoms. The maximum absolute atomic E-state index is 11.0. The van der Waals surface area contributed by atoms with Crippen molar-refractivity contribution in [2.75, 3.05) is 0 Å². The number of benzene rings is 1. The first-order chi connectivity index (χ1) is 13.6. The number of hydrogen-bond acceptors (Lipinski definition) is 7. The van der Waals surface area contributed by atoms with E-state index in [1.165, 1.54) is 23.1 Å². The van der Waals surface area contributed by atoms with Gasteiger partial charge in [0.2, 0.25) is 0 Å². The van der Waals surface area contributed by atoms with Gasteiger partial charge in [0.1, 0.15) is 5.01 Å². The van der Waals surface area contributed by atoms with E-state index in [0.717, 1.165) is 21.8 Å². The van der Waals surface area contributed by atoms with E-state index < -0.39 is 5.97 Å². The fourth-order valence-corrected chi connectivity index (χ4v) is 4.31. The van der Waals surface area contributed by atoms with Gasteiger partial charge in [-0.2, -0.15) is 0 Å². The number of nitrogens with zero attached hydrogens (tertiary/aromatic N) is 5. The van der Waals surface area contributed by atoms with Crippen LogP contribution < -0.4 is 0 Å². The molecule has 0 aliphatic carbocycles. The zero-order valence-electron chi connectivity index (χ0n) is 14.8. The highest BCUT2D eigenvalue weighted by molar-refractivity contribution is 7.98. The van der Waals surface area contributed by atoms with Crippen LogP contribution in [0.2, 0.25) is 0 Å². The monoisotopic (exact) mass is 409 g/mol. The van der Waals surface area contributed by atoms with Gasteiger partial charge in [0.15, 0.2) is 16.7 Å². The summed E-state index contributed by atoms with van der Waals surface area (Å²) in [5.74, 6) is 0.189. The number of aromatic nitrogens is 5. The van der Waals surface area contributed by atoms with Crippen LogP contribution in [0.5, 0.6) is 0 Å². The van der Waals surface area contributed by atoms with Gasteiger partial charge in [-0.05, 0) is 31.2 Å². The van der Waals surface area contributed by atoms with Crippen LogP contribution >= 0.6 is 23.1 Å². The Bertz CT molecular complexity index is 1110. The molecule has 0 spiro atoms. The van der Waals surface area contributed by atoms with E-state index in [1.807, 2.05) is 47.9 Å². The minimum absolute atomic E-state index is 0.0663. The number of rotatable bonds is 6. The van der Waals surface area contributed by atoms with Gasteiger partial charge in [0, 0.05) is 29.0 Å². The highest BCUT2D eigenvalue weighted by atomic mass is 32.2. The summed E-state index contributed by atoms with van der Waals surface area (Å²) in [6.45, 7) is 2.04. The van der Waals surface area contributed by atoms with Crippen LogP contribution in [0, 0.1) is 6.92 Å². The number of aryl methyl sites for hydroxylation is 1. The molecule has 7 nitrogen and oxygen atoms in total. The molecular formula is C19H15N5O2S2. The predicted octanol–water partition coefficient (Wildman–Crippen LogP) is 4.08. The number of carboxylic acids is 1. The van der Waals surface area contributed by atoms with Crippen LogP contribution in [-0.4, -0.2) is 35.8 Å². The first-order valence-corrected chi connectivity index (χ1v) is 10.2. The van der Waals surface area contributed by atoms with Crippen molar-refractivity contribution in [2.45, 2.75) is 17.8 Å². The lowest BCUT2D eigenvalue weighted by Crippen LogP contribution is -2.00. The Labute approximate surface area is 169 Å². The molecule has 4 rings (SSSR count). The third-order valence-electron chi connectivity index (χ3n) is 3.94. The average Bonchev–Trinajstić information content (AvgIpc) is 3.35. The number of aromatic carboxylic acids is 1. The lowest BCUT2D eigenvalue weighted by atomic mass is 10.2. The molecule has 1 aromatic carbocycles. The third kappa shape index (κ3) is 3.80. The van der Waals surface area contributed by atoms with Crippen LogP contribution in [0.4, 0.5) is 0 Å². The fraction of sp³-hybridized carbons (Fsp3) is 0.105. The van der Waals surface area contributed by atoms with Crippen LogP contribution in [0.15, 0.2) is 59.3 Å². The maximum atomic E-state index is 11.0. The Morgan fingerprint density at radius 2 is 2.04 bits per heavy atom. The molecule has 0 amide bonds. The molecule has 140 valence electrons. The molecule has 0 saturated carbocycles. The van der Waals surface area contributed by atoms with E-state index in [-0.39, 0.29) is 5.69 Å². The smallest absolute Gasteiger partial charge is 0.355 e. The van der Waals surface area contributed by atoms with Crippen LogP contribution in [-0.2, 0) is 5.75 Å². The molecule has 0 radical (unpaired) electrons. The van der Waals surface area contributed by atoms with Gasteiger partial charge >= 0.3 is 5.97 Å². The lowest BCUT2D eigenvalue weighted by Gasteiger charge is -2.10. The molecule has 3 heterocycles. The summed E-state index contributed by atoms with van der Waals surface area (Å²) in [6, 6.07) is 11.9. The van der Waals surface area contributed by atoms with Crippen molar-refractivity contribution in [2.24, 2.45) is 0 Å². The summed E-state index contributed by atoms with van der Waals surface area (Å²) in [4.78, 5) is 19.3. The van der Waals surface area contributed by atoms with Crippen molar-refractivity contribution in [3.05, 3.63) is 70.4 Å². The molecular weight excluding hydrogens is 394 g/mol. The standard InChI is InChI=1S/C19H15N5O2S2/c1-12-4-6-14(7-5-12)24-17(13-3-2-8-20-9-13)22-23-19(24)28-11-16-21-15(10-27-16)18(25)26/h2-10H,11H2,1H3,(H,25,26).